The van der Waals surface area contributed by atoms with Crippen molar-refractivity contribution in [3.8, 4) is 0 Å². The first kappa shape index (κ1) is 33.5. The molecule has 3 atom stereocenters. The maximum absolute atomic E-state index is 13.2. The van der Waals surface area contributed by atoms with Gasteiger partial charge in [-0.25, -0.2) is 4.79 Å². The maximum atomic E-state index is 13.2. The zero-order chi connectivity index (χ0) is 32.4. The van der Waals surface area contributed by atoms with Crippen LogP contribution in [0.15, 0.2) is 87.5 Å². The molecule has 2 saturated carbocycles. The Morgan fingerprint density at radius 2 is 1.24 bits per heavy atom. The first-order valence-corrected chi connectivity index (χ1v) is 16.6. The summed E-state index contributed by atoms with van der Waals surface area (Å²) in [6.45, 7) is 6.34. The van der Waals surface area contributed by atoms with Gasteiger partial charge in [0.15, 0.2) is 20.8 Å². The normalized spacial score (nSPS) is 23.1. The Bertz CT molecular complexity index is 1320. The van der Waals surface area contributed by atoms with Gasteiger partial charge in [0.25, 0.3) is 0 Å². The van der Waals surface area contributed by atoms with Crippen molar-refractivity contribution in [1.82, 2.24) is 0 Å². The molecule has 0 amide bonds. The largest absolute Gasteiger partial charge is 0.452 e. The van der Waals surface area contributed by atoms with Crippen LogP contribution < -0.4 is 0 Å². The van der Waals surface area contributed by atoms with Crippen molar-refractivity contribution in [2.75, 3.05) is 26.4 Å². The van der Waals surface area contributed by atoms with Crippen molar-refractivity contribution >= 4 is 16.9 Å². The van der Waals surface area contributed by atoms with Crippen molar-refractivity contribution in [3.05, 3.63) is 89.5 Å². The number of alkyl halides is 2. The molecular weight excluding hydrogens is 598 g/mol. The summed E-state index contributed by atoms with van der Waals surface area (Å²) < 4.78 is 43.1. The summed E-state index contributed by atoms with van der Waals surface area (Å²) in [5.74, 6) is -6.49. The molecule has 1 aliphatic heterocycles. The fourth-order valence-corrected chi connectivity index (χ4v) is 8.34. The molecule has 1 heterocycles. The second-order valence-electron chi connectivity index (χ2n) is 12.8. The summed E-state index contributed by atoms with van der Waals surface area (Å²) in [5.41, 5.74) is 3.00. The molecule has 9 heteroatoms. The summed E-state index contributed by atoms with van der Waals surface area (Å²) in [5, 5.41) is 18.8. The molecule has 45 heavy (non-hydrogen) atoms. The van der Waals surface area contributed by atoms with Crippen LogP contribution in [-0.2, 0) is 29.9 Å². The van der Waals surface area contributed by atoms with Crippen LogP contribution in [0.5, 0.6) is 0 Å². The molecule has 1 saturated heterocycles. The number of hydrogen-bond donors (Lipinski definition) is 2. The average molecular weight is 642 g/mol. The number of halogens is 2. The molecule has 3 aromatic carbocycles. The van der Waals surface area contributed by atoms with Crippen LogP contribution in [0.3, 0.4) is 0 Å². The smallest absolute Gasteiger partial charge is 0.377 e. The number of carbonyl (C=O) groups is 1. The van der Waals surface area contributed by atoms with Gasteiger partial charge in [-0.1, -0.05) is 53.1 Å². The van der Waals surface area contributed by atoms with Gasteiger partial charge in [-0.2, -0.15) is 8.78 Å². The zero-order valence-corrected chi connectivity index (χ0v) is 27.1. The Morgan fingerprint density at radius 1 is 0.822 bits per heavy atom. The minimum absolute atomic E-state index is 0.0276. The summed E-state index contributed by atoms with van der Waals surface area (Å²) in [7, 11) is -0.0394. The number of carbonyl (C=O) groups excluding carboxylic acids is 1. The van der Waals surface area contributed by atoms with E-state index >= 15 is 0 Å². The Labute approximate surface area is 267 Å². The molecule has 3 aliphatic rings. The lowest BCUT2D eigenvalue weighted by Gasteiger charge is -2.49. The quantitative estimate of drug-likeness (QED) is 0.229. The Hall–Kier alpha value is -2.82. The number of fused-ring (bicyclic) bond motifs is 3. The van der Waals surface area contributed by atoms with Crippen molar-refractivity contribution in [2.24, 2.45) is 17.3 Å². The van der Waals surface area contributed by atoms with Gasteiger partial charge in [-0.05, 0) is 76.4 Å². The topological polar surface area (TPSA) is 85.2 Å². The van der Waals surface area contributed by atoms with Crippen LogP contribution in [0.4, 0.5) is 8.78 Å². The number of aryl methyl sites for hydroxylation is 3. The summed E-state index contributed by atoms with van der Waals surface area (Å²) in [6.07, 6.45) is 1.40. The van der Waals surface area contributed by atoms with E-state index in [0.29, 0.717) is 13.3 Å². The predicted octanol–water partition coefficient (Wildman–Crippen LogP) is 6.40. The van der Waals surface area contributed by atoms with Crippen LogP contribution >= 0.6 is 0 Å². The molecule has 3 aromatic rings. The summed E-state index contributed by atoms with van der Waals surface area (Å²) in [6, 6.07) is 26.8. The van der Waals surface area contributed by atoms with E-state index in [1.165, 1.54) is 31.4 Å². The first-order chi connectivity index (χ1) is 21.4. The van der Waals surface area contributed by atoms with Gasteiger partial charge in [0.05, 0.1) is 42.7 Å². The number of benzene rings is 3. The second-order valence-corrected chi connectivity index (χ2v) is 14.9. The molecule has 242 valence electrons. The highest BCUT2D eigenvalue weighted by molar-refractivity contribution is 7.97. The molecule has 3 fully saturated rings. The fourth-order valence-electron chi connectivity index (χ4n) is 6.29. The van der Waals surface area contributed by atoms with E-state index in [-0.39, 0.29) is 49.2 Å². The van der Waals surface area contributed by atoms with Crippen LogP contribution in [0.2, 0.25) is 0 Å². The minimum atomic E-state index is -3.57. The Kier molecular flexibility index (Phi) is 10.1. The lowest BCUT2D eigenvalue weighted by atomic mass is 9.86. The van der Waals surface area contributed by atoms with Gasteiger partial charge in [0.2, 0.25) is 5.79 Å². The number of esters is 1. The van der Waals surface area contributed by atoms with Crippen LogP contribution in [-0.4, -0.2) is 60.4 Å². The number of aliphatic hydroxyl groups excluding tert-OH is 2. The standard InChI is InChI=1S/C21H21S.C15H22F2O6/c1-16-4-10-19(11-5-16)22(20-12-6-17(2)7-13-20)21-14-8-18(3)9-15-21;1-13(16,17)12(20)23-11-9-2-3-10(4-9)15(11)21-7-14(5-18,6-19)8-22-15/h4-15H,1-3H3;9-11,18-19H,2-8H2,1H3/q+1;. The molecular formula is C36H43F2O6S+. The minimum Gasteiger partial charge on any atom is -0.452 e. The first-order valence-electron chi connectivity index (χ1n) is 15.4. The third-order valence-corrected chi connectivity index (χ3v) is 11.3. The van der Waals surface area contributed by atoms with Crippen LogP contribution in [0.1, 0.15) is 42.9 Å². The van der Waals surface area contributed by atoms with Crippen molar-refractivity contribution < 1.29 is 38.0 Å². The third-order valence-electron chi connectivity index (χ3n) is 9.11. The average Bonchev–Trinajstić information content (AvgIpc) is 3.62. The number of hydrogen-bond acceptors (Lipinski definition) is 6. The Balaban J connectivity index is 0.000000178. The predicted molar refractivity (Wildman–Crippen MR) is 168 cm³/mol. The molecule has 0 aromatic heterocycles. The van der Waals surface area contributed by atoms with Gasteiger partial charge in [0, 0.05) is 18.8 Å². The van der Waals surface area contributed by atoms with Gasteiger partial charge in [0.1, 0.15) is 0 Å². The van der Waals surface area contributed by atoms with Gasteiger partial charge < -0.3 is 24.4 Å². The van der Waals surface area contributed by atoms with E-state index in [2.05, 4.69) is 93.6 Å². The van der Waals surface area contributed by atoms with Crippen LogP contribution in [0, 0.1) is 38.0 Å². The number of ether oxygens (including phenoxy) is 3. The third kappa shape index (κ3) is 7.13. The monoisotopic (exact) mass is 641 g/mol. The lowest BCUT2D eigenvalue weighted by molar-refractivity contribution is -0.360. The van der Waals surface area contributed by atoms with E-state index in [4.69, 9.17) is 14.2 Å². The number of rotatable bonds is 7. The SMILES string of the molecule is CC(F)(F)C(=O)OC1C2CCC(C2)C12OCC(CO)(CO)CO2.Cc1ccc([S+](c2ccc(C)cc2)c2ccc(C)cc2)cc1. The molecule has 0 radical (unpaired) electrons. The molecule has 2 aliphatic carbocycles. The summed E-state index contributed by atoms with van der Waals surface area (Å²) in [4.78, 5) is 15.7. The molecule has 6 rings (SSSR count). The Morgan fingerprint density at radius 3 is 1.62 bits per heavy atom. The molecule has 2 bridgehead atoms. The highest BCUT2D eigenvalue weighted by Crippen LogP contribution is 2.56. The molecule has 3 unspecified atom stereocenters. The van der Waals surface area contributed by atoms with Crippen molar-refractivity contribution in [1.29, 1.82) is 0 Å². The van der Waals surface area contributed by atoms with E-state index < -0.39 is 29.2 Å². The van der Waals surface area contributed by atoms with E-state index in [1.807, 2.05) is 0 Å². The van der Waals surface area contributed by atoms with Crippen molar-refractivity contribution in [2.45, 2.75) is 79.5 Å². The van der Waals surface area contributed by atoms with Gasteiger partial charge in [-0.15, -0.1) is 0 Å². The number of aliphatic hydroxyl groups is 2. The van der Waals surface area contributed by atoms with Crippen LogP contribution in [0.25, 0.3) is 0 Å². The van der Waals surface area contributed by atoms with Gasteiger partial charge >= 0.3 is 11.9 Å². The van der Waals surface area contributed by atoms with E-state index in [1.54, 1.807) is 0 Å². The lowest BCUT2D eigenvalue weighted by Crippen LogP contribution is -2.61. The van der Waals surface area contributed by atoms with Gasteiger partial charge in [-0.3, -0.25) is 0 Å². The maximum Gasteiger partial charge on any atom is 0.377 e. The highest BCUT2D eigenvalue weighted by atomic mass is 32.2. The second kappa shape index (κ2) is 13.5. The molecule has 2 N–H and O–H groups in total. The zero-order valence-electron chi connectivity index (χ0n) is 26.3. The molecule has 6 nitrogen and oxygen atoms in total. The van der Waals surface area contributed by atoms with Crippen molar-refractivity contribution in [3.63, 3.8) is 0 Å². The van der Waals surface area contributed by atoms with E-state index in [9.17, 15) is 23.8 Å². The van der Waals surface area contributed by atoms with E-state index in [0.717, 1.165) is 12.8 Å². The fraction of sp³-hybridized carbons (Fsp3) is 0.472. The molecule has 1 spiro atoms. The summed E-state index contributed by atoms with van der Waals surface area (Å²) >= 11 is 0. The highest BCUT2D eigenvalue weighted by Gasteiger charge is 2.65.